The first-order valence-electron chi connectivity index (χ1n) is 5.70. The summed E-state index contributed by atoms with van der Waals surface area (Å²) in [6.07, 6.45) is 5.84. The van der Waals surface area contributed by atoms with Crippen LogP contribution < -0.4 is 5.32 Å². The lowest BCUT2D eigenvalue weighted by molar-refractivity contribution is 0.158. The summed E-state index contributed by atoms with van der Waals surface area (Å²) in [5.74, 6) is 1.84. The van der Waals surface area contributed by atoms with Crippen LogP contribution >= 0.6 is 0 Å². The molecule has 0 saturated heterocycles. The Labute approximate surface area is 83.3 Å². The Morgan fingerprint density at radius 1 is 1.23 bits per heavy atom. The van der Waals surface area contributed by atoms with Gasteiger partial charge >= 0.3 is 0 Å². The van der Waals surface area contributed by atoms with E-state index in [1.165, 1.54) is 32.2 Å². The van der Waals surface area contributed by atoms with Crippen LogP contribution in [-0.2, 0) is 0 Å². The van der Waals surface area contributed by atoms with E-state index in [4.69, 9.17) is 0 Å². The Morgan fingerprint density at radius 2 is 1.77 bits per heavy atom. The van der Waals surface area contributed by atoms with Gasteiger partial charge in [0.25, 0.3) is 0 Å². The zero-order chi connectivity index (χ0) is 9.90. The van der Waals surface area contributed by atoms with Crippen molar-refractivity contribution >= 4 is 0 Å². The largest absolute Gasteiger partial charge is 0.319 e. The van der Waals surface area contributed by atoms with Crippen molar-refractivity contribution in [2.24, 2.45) is 17.3 Å². The molecule has 1 nitrogen and oxygen atoms in total. The van der Waals surface area contributed by atoms with Crippen LogP contribution in [0.1, 0.15) is 46.5 Å². The van der Waals surface area contributed by atoms with E-state index in [2.05, 4.69) is 33.1 Å². The predicted octanol–water partition coefficient (Wildman–Crippen LogP) is 3.06. The van der Waals surface area contributed by atoms with Crippen LogP contribution in [0.15, 0.2) is 0 Å². The Morgan fingerprint density at radius 3 is 2.15 bits per heavy atom. The first-order valence-corrected chi connectivity index (χ1v) is 5.70. The molecule has 1 aliphatic carbocycles. The summed E-state index contributed by atoms with van der Waals surface area (Å²) in [6.45, 7) is 8.34. The summed E-state index contributed by atoms with van der Waals surface area (Å²) in [5, 5.41) is 3.35. The Balaban J connectivity index is 2.55. The molecule has 0 aromatic rings. The number of nitrogens with one attached hydrogen (secondary N) is 1. The van der Waals surface area contributed by atoms with Crippen LogP contribution in [0.2, 0.25) is 0 Å². The quantitative estimate of drug-likeness (QED) is 0.709. The summed E-state index contributed by atoms with van der Waals surface area (Å²) in [6, 6.07) is 0. The van der Waals surface area contributed by atoms with Crippen molar-refractivity contribution in [3.05, 3.63) is 0 Å². The van der Waals surface area contributed by atoms with Gasteiger partial charge < -0.3 is 5.32 Å². The molecule has 0 radical (unpaired) electrons. The van der Waals surface area contributed by atoms with Crippen molar-refractivity contribution in [3.63, 3.8) is 0 Å². The Kier molecular flexibility index (Phi) is 3.78. The molecule has 0 amide bonds. The standard InChI is InChI=1S/C12H25N/c1-12(2,3)11(9-13-4)10-7-5-6-8-10/h10-11,13H,5-9H2,1-4H3. The molecule has 1 rings (SSSR count). The Hall–Kier alpha value is -0.0400. The molecule has 78 valence electrons. The maximum atomic E-state index is 3.35. The van der Waals surface area contributed by atoms with Crippen molar-refractivity contribution in [3.8, 4) is 0 Å². The molecule has 1 fully saturated rings. The molecule has 0 spiro atoms. The van der Waals surface area contributed by atoms with E-state index in [-0.39, 0.29) is 0 Å². The zero-order valence-corrected chi connectivity index (χ0v) is 9.69. The second-order valence-electron chi connectivity index (χ2n) is 5.57. The van der Waals surface area contributed by atoms with E-state index in [0.717, 1.165) is 11.8 Å². The zero-order valence-electron chi connectivity index (χ0n) is 9.69. The van der Waals surface area contributed by atoms with E-state index < -0.39 is 0 Å². The van der Waals surface area contributed by atoms with Gasteiger partial charge in [0.2, 0.25) is 0 Å². The molecule has 1 unspecified atom stereocenters. The van der Waals surface area contributed by atoms with Crippen molar-refractivity contribution in [2.45, 2.75) is 46.5 Å². The third-order valence-corrected chi connectivity index (χ3v) is 3.51. The van der Waals surface area contributed by atoms with Crippen molar-refractivity contribution < 1.29 is 0 Å². The highest BCUT2D eigenvalue weighted by molar-refractivity contribution is 4.84. The van der Waals surface area contributed by atoms with E-state index in [0.29, 0.717) is 5.41 Å². The van der Waals surface area contributed by atoms with Crippen LogP contribution in [0.5, 0.6) is 0 Å². The SMILES string of the molecule is CNCC(C1CCCC1)C(C)(C)C. The van der Waals surface area contributed by atoms with Gasteiger partial charge in [0.15, 0.2) is 0 Å². The van der Waals surface area contributed by atoms with Crippen LogP contribution in [0.3, 0.4) is 0 Å². The second-order valence-corrected chi connectivity index (χ2v) is 5.57. The van der Waals surface area contributed by atoms with Crippen molar-refractivity contribution in [2.75, 3.05) is 13.6 Å². The fourth-order valence-corrected chi connectivity index (χ4v) is 2.76. The van der Waals surface area contributed by atoms with Crippen LogP contribution in [0, 0.1) is 17.3 Å². The summed E-state index contributed by atoms with van der Waals surface area (Å²) in [5.41, 5.74) is 0.470. The van der Waals surface area contributed by atoms with Gasteiger partial charge in [-0.25, -0.2) is 0 Å². The normalized spacial score (nSPS) is 22.2. The van der Waals surface area contributed by atoms with Crippen molar-refractivity contribution in [1.82, 2.24) is 5.32 Å². The van der Waals surface area contributed by atoms with E-state index in [9.17, 15) is 0 Å². The molecule has 0 aromatic heterocycles. The van der Waals surface area contributed by atoms with Crippen LogP contribution in [0.4, 0.5) is 0 Å². The van der Waals surface area contributed by atoms with Gasteiger partial charge in [-0.1, -0.05) is 46.5 Å². The molecular formula is C12H25N. The molecule has 0 heterocycles. The molecule has 1 heteroatoms. The minimum Gasteiger partial charge on any atom is -0.319 e. The topological polar surface area (TPSA) is 12.0 Å². The molecule has 1 atom stereocenters. The first-order chi connectivity index (χ1) is 6.05. The van der Waals surface area contributed by atoms with Crippen LogP contribution in [0.25, 0.3) is 0 Å². The molecule has 1 N–H and O–H groups in total. The molecule has 0 bridgehead atoms. The summed E-state index contributed by atoms with van der Waals surface area (Å²) >= 11 is 0. The highest BCUT2D eigenvalue weighted by Gasteiger charge is 2.32. The number of rotatable bonds is 3. The van der Waals surface area contributed by atoms with Gasteiger partial charge in [-0.3, -0.25) is 0 Å². The average Bonchev–Trinajstić information content (AvgIpc) is 2.49. The van der Waals surface area contributed by atoms with Gasteiger partial charge in [0.1, 0.15) is 0 Å². The van der Waals surface area contributed by atoms with E-state index in [1.807, 2.05) is 0 Å². The lowest BCUT2D eigenvalue weighted by atomic mass is 9.72. The van der Waals surface area contributed by atoms with Gasteiger partial charge in [-0.15, -0.1) is 0 Å². The van der Waals surface area contributed by atoms with Gasteiger partial charge in [-0.2, -0.15) is 0 Å². The maximum Gasteiger partial charge on any atom is -0.00159 e. The molecule has 0 aliphatic heterocycles. The van der Waals surface area contributed by atoms with Crippen molar-refractivity contribution in [1.29, 1.82) is 0 Å². The molecule has 1 saturated carbocycles. The summed E-state index contributed by atoms with van der Waals surface area (Å²) in [7, 11) is 2.08. The predicted molar refractivity (Wildman–Crippen MR) is 58.8 cm³/mol. The van der Waals surface area contributed by atoms with E-state index >= 15 is 0 Å². The lowest BCUT2D eigenvalue weighted by Gasteiger charge is -2.35. The third kappa shape index (κ3) is 2.98. The summed E-state index contributed by atoms with van der Waals surface area (Å²) in [4.78, 5) is 0. The minimum atomic E-state index is 0.470. The van der Waals surface area contributed by atoms with Gasteiger partial charge in [0.05, 0.1) is 0 Å². The average molecular weight is 183 g/mol. The highest BCUT2D eigenvalue weighted by Crippen LogP contribution is 2.40. The summed E-state index contributed by atoms with van der Waals surface area (Å²) < 4.78 is 0. The smallest absolute Gasteiger partial charge is 0.00159 e. The van der Waals surface area contributed by atoms with Crippen LogP contribution in [-0.4, -0.2) is 13.6 Å². The second kappa shape index (κ2) is 4.45. The number of hydrogen-bond donors (Lipinski definition) is 1. The highest BCUT2D eigenvalue weighted by atomic mass is 14.8. The molecule has 13 heavy (non-hydrogen) atoms. The molecular weight excluding hydrogens is 158 g/mol. The fourth-order valence-electron chi connectivity index (χ4n) is 2.76. The Bertz CT molecular complexity index is 140. The fraction of sp³-hybridized carbons (Fsp3) is 1.00. The van der Waals surface area contributed by atoms with Gasteiger partial charge in [0, 0.05) is 0 Å². The minimum absolute atomic E-state index is 0.470. The monoisotopic (exact) mass is 183 g/mol. The lowest BCUT2D eigenvalue weighted by Crippen LogP contribution is -2.35. The molecule has 0 aromatic carbocycles. The maximum absolute atomic E-state index is 3.35. The third-order valence-electron chi connectivity index (χ3n) is 3.51. The molecule has 1 aliphatic rings. The first kappa shape index (κ1) is 11.0. The van der Waals surface area contributed by atoms with E-state index in [1.54, 1.807) is 0 Å². The number of hydrogen-bond acceptors (Lipinski definition) is 1. The van der Waals surface area contributed by atoms with Gasteiger partial charge in [-0.05, 0) is 30.8 Å².